The maximum atomic E-state index is 5.62. The Hall–Kier alpha value is -2.12. The molecule has 0 N–H and O–H groups in total. The van der Waals surface area contributed by atoms with Gasteiger partial charge in [-0.25, -0.2) is 9.67 Å². The van der Waals surface area contributed by atoms with Crippen LogP contribution in [0.25, 0.3) is 11.4 Å². The summed E-state index contributed by atoms with van der Waals surface area (Å²) in [7, 11) is 3.91. The molecule has 2 aliphatic heterocycles. The van der Waals surface area contributed by atoms with Crippen LogP contribution in [0.4, 0.5) is 5.69 Å². The van der Waals surface area contributed by atoms with Crippen LogP contribution in [0.2, 0.25) is 0 Å². The van der Waals surface area contributed by atoms with E-state index in [0.29, 0.717) is 6.04 Å². The third kappa shape index (κ3) is 3.80. The lowest BCUT2D eigenvalue weighted by molar-refractivity contribution is 0.122. The highest BCUT2D eigenvalue weighted by molar-refractivity contribution is 5.69. The van der Waals surface area contributed by atoms with Crippen molar-refractivity contribution in [2.75, 3.05) is 58.5 Å². The summed E-state index contributed by atoms with van der Waals surface area (Å²) < 4.78 is 13.3. The van der Waals surface area contributed by atoms with Crippen molar-refractivity contribution in [3.8, 4) is 17.1 Å². The average molecular weight is 371 g/mol. The molecule has 2 saturated heterocycles. The smallest absolute Gasteiger partial charge is 0.158 e. The van der Waals surface area contributed by atoms with E-state index in [0.717, 1.165) is 80.9 Å². The zero-order chi connectivity index (χ0) is 18.8. The molecule has 2 aromatic rings. The monoisotopic (exact) mass is 371 g/mol. The molecule has 146 valence electrons. The molecular formula is C20H29N5O2. The van der Waals surface area contributed by atoms with Gasteiger partial charge in [0.05, 0.1) is 32.1 Å². The standard InChI is InChI=1S/C20H29N5O2/c1-15-21-20(25(22-15)17-6-8-23(2)9-7-17)16-4-5-19(26-3)18(14-16)24-10-12-27-13-11-24/h4-5,14,17H,6-13H2,1-3H3. The van der Waals surface area contributed by atoms with Crippen molar-refractivity contribution in [3.63, 3.8) is 0 Å². The fourth-order valence-corrected chi connectivity index (χ4v) is 4.00. The molecule has 7 heteroatoms. The zero-order valence-corrected chi connectivity index (χ0v) is 16.5. The second-order valence-corrected chi connectivity index (χ2v) is 7.45. The van der Waals surface area contributed by atoms with E-state index in [2.05, 4.69) is 33.7 Å². The molecule has 4 rings (SSSR count). The summed E-state index contributed by atoms with van der Waals surface area (Å²) in [6.45, 7) is 7.42. The minimum absolute atomic E-state index is 0.409. The first-order valence-corrected chi connectivity index (χ1v) is 9.78. The molecule has 0 unspecified atom stereocenters. The van der Waals surface area contributed by atoms with Crippen LogP contribution in [0, 0.1) is 6.92 Å². The molecule has 0 amide bonds. The maximum Gasteiger partial charge on any atom is 0.158 e. The number of ether oxygens (including phenoxy) is 2. The number of piperidine rings is 1. The Kier molecular flexibility index (Phi) is 5.31. The van der Waals surface area contributed by atoms with E-state index in [4.69, 9.17) is 19.6 Å². The molecule has 2 fully saturated rings. The lowest BCUT2D eigenvalue weighted by Gasteiger charge is -2.31. The Morgan fingerprint density at radius 3 is 2.56 bits per heavy atom. The Balaban J connectivity index is 1.69. The van der Waals surface area contributed by atoms with Crippen molar-refractivity contribution in [2.24, 2.45) is 0 Å². The van der Waals surface area contributed by atoms with E-state index in [-0.39, 0.29) is 0 Å². The molecule has 27 heavy (non-hydrogen) atoms. The number of morpholine rings is 1. The van der Waals surface area contributed by atoms with Gasteiger partial charge in [0.2, 0.25) is 0 Å². The van der Waals surface area contributed by atoms with Gasteiger partial charge in [-0.1, -0.05) is 0 Å². The normalized spacial score (nSPS) is 19.4. The average Bonchev–Trinajstić information content (AvgIpc) is 3.10. The topological polar surface area (TPSA) is 55.7 Å². The summed E-state index contributed by atoms with van der Waals surface area (Å²) in [5.41, 5.74) is 2.20. The number of hydrogen-bond donors (Lipinski definition) is 0. The molecule has 0 bridgehead atoms. The Bertz CT molecular complexity index is 777. The number of aromatic nitrogens is 3. The number of likely N-dealkylation sites (tertiary alicyclic amines) is 1. The highest BCUT2D eigenvalue weighted by Crippen LogP contribution is 2.35. The molecule has 0 saturated carbocycles. The van der Waals surface area contributed by atoms with Gasteiger partial charge in [0.25, 0.3) is 0 Å². The van der Waals surface area contributed by atoms with Gasteiger partial charge in [-0.15, -0.1) is 0 Å². The summed E-state index contributed by atoms with van der Waals surface area (Å²) in [6, 6.07) is 6.74. The SMILES string of the molecule is COc1ccc(-c2nc(C)nn2C2CCN(C)CC2)cc1N1CCOCC1. The molecule has 1 aromatic carbocycles. The number of benzene rings is 1. The van der Waals surface area contributed by atoms with Crippen LogP contribution in [0.5, 0.6) is 5.75 Å². The second kappa shape index (κ2) is 7.86. The minimum Gasteiger partial charge on any atom is -0.495 e. The highest BCUT2D eigenvalue weighted by Gasteiger charge is 2.24. The number of rotatable bonds is 4. The predicted molar refractivity (Wildman–Crippen MR) is 106 cm³/mol. The highest BCUT2D eigenvalue weighted by atomic mass is 16.5. The molecule has 2 aliphatic rings. The van der Waals surface area contributed by atoms with E-state index in [1.54, 1.807) is 7.11 Å². The first-order valence-electron chi connectivity index (χ1n) is 9.78. The molecule has 1 aromatic heterocycles. The predicted octanol–water partition coefficient (Wildman–Crippen LogP) is 2.37. The van der Waals surface area contributed by atoms with Gasteiger partial charge in [-0.3, -0.25) is 0 Å². The third-order valence-corrected chi connectivity index (χ3v) is 5.56. The number of hydrogen-bond acceptors (Lipinski definition) is 6. The largest absolute Gasteiger partial charge is 0.495 e. The van der Waals surface area contributed by atoms with Gasteiger partial charge in [0, 0.05) is 18.7 Å². The molecule has 0 spiro atoms. The molecule has 0 radical (unpaired) electrons. The van der Waals surface area contributed by atoms with E-state index < -0.39 is 0 Å². The van der Waals surface area contributed by atoms with Crippen molar-refractivity contribution in [1.82, 2.24) is 19.7 Å². The summed E-state index contributed by atoms with van der Waals surface area (Å²) in [5.74, 6) is 2.68. The second-order valence-electron chi connectivity index (χ2n) is 7.45. The van der Waals surface area contributed by atoms with Crippen LogP contribution in [-0.2, 0) is 4.74 Å². The van der Waals surface area contributed by atoms with Gasteiger partial charge < -0.3 is 19.3 Å². The Morgan fingerprint density at radius 2 is 1.85 bits per heavy atom. The van der Waals surface area contributed by atoms with Crippen molar-refractivity contribution >= 4 is 5.69 Å². The summed E-state index contributed by atoms with van der Waals surface area (Å²) in [5, 5.41) is 4.74. The number of methoxy groups -OCH3 is 1. The number of nitrogens with zero attached hydrogens (tertiary/aromatic N) is 5. The van der Waals surface area contributed by atoms with Crippen molar-refractivity contribution in [1.29, 1.82) is 0 Å². The number of anilines is 1. The van der Waals surface area contributed by atoms with E-state index in [1.165, 1.54) is 0 Å². The minimum atomic E-state index is 0.409. The quantitative estimate of drug-likeness (QED) is 0.822. The van der Waals surface area contributed by atoms with Crippen LogP contribution >= 0.6 is 0 Å². The van der Waals surface area contributed by atoms with E-state index in [1.807, 2.05) is 13.0 Å². The first-order chi connectivity index (χ1) is 13.2. The van der Waals surface area contributed by atoms with Crippen molar-refractivity contribution in [2.45, 2.75) is 25.8 Å². The van der Waals surface area contributed by atoms with Crippen LogP contribution in [0.3, 0.4) is 0 Å². The lowest BCUT2D eigenvalue weighted by atomic mass is 10.0. The molecule has 0 atom stereocenters. The molecular weight excluding hydrogens is 342 g/mol. The van der Waals surface area contributed by atoms with Gasteiger partial charge in [0.1, 0.15) is 11.6 Å². The van der Waals surface area contributed by atoms with Crippen LogP contribution < -0.4 is 9.64 Å². The number of aryl methyl sites for hydroxylation is 1. The van der Waals surface area contributed by atoms with Gasteiger partial charge in [-0.05, 0) is 58.1 Å². The molecule has 0 aliphatic carbocycles. The lowest BCUT2D eigenvalue weighted by Crippen LogP contribution is -2.36. The van der Waals surface area contributed by atoms with Crippen LogP contribution in [-0.4, -0.2) is 73.2 Å². The van der Waals surface area contributed by atoms with Crippen LogP contribution in [0.15, 0.2) is 18.2 Å². The van der Waals surface area contributed by atoms with Crippen molar-refractivity contribution < 1.29 is 9.47 Å². The maximum absolute atomic E-state index is 5.62. The van der Waals surface area contributed by atoms with Gasteiger partial charge in [0.15, 0.2) is 5.82 Å². The van der Waals surface area contributed by atoms with Crippen LogP contribution in [0.1, 0.15) is 24.7 Å². The van der Waals surface area contributed by atoms with E-state index >= 15 is 0 Å². The first kappa shape index (κ1) is 18.3. The summed E-state index contributed by atoms with van der Waals surface area (Å²) in [4.78, 5) is 9.48. The molecule has 7 nitrogen and oxygen atoms in total. The summed E-state index contributed by atoms with van der Waals surface area (Å²) in [6.07, 6.45) is 2.22. The van der Waals surface area contributed by atoms with Gasteiger partial charge >= 0.3 is 0 Å². The fraction of sp³-hybridized carbons (Fsp3) is 0.600. The van der Waals surface area contributed by atoms with Gasteiger partial charge in [-0.2, -0.15) is 5.10 Å². The fourth-order valence-electron chi connectivity index (χ4n) is 4.00. The van der Waals surface area contributed by atoms with E-state index in [9.17, 15) is 0 Å². The summed E-state index contributed by atoms with van der Waals surface area (Å²) >= 11 is 0. The Labute approximate surface area is 160 Å². The third-order valence-electron chi connectivity index (χ3n) is 5.56. The zero-order valence-electron chi connectivity index (χ0n) is 16.5. The molecule has 3 heterocycles. The Morgan fingerprint density at radius 1 is 1.11 bits per heavy atom. The van der Waals surface area contributed by atoms with Crippen molar-refractivity contribution in [3.05, 3.63) is 24.0 Å².